The Kier molecular flexibility index (Phi) is 4.22. The molecule has 0 heterocycles. The van der Waals surface area contributed by atoms with Crippen LogP contribution >= 0.6 is 0 Å². The molecule has 112 valence electrons. The van der Waals surface area contributed by atoms with E-state index in [2.05, 4.69) is 75.4 Å². The van der Waals surface area contributed by atoms with Gasteiger partial charge in [0.05, 0.1) is 0 Å². The highest BCUT2D eigenvalue weighted by Crippen LogP contribution is 2.24. The standard InChI is InChI=1S/C20H23BO/c1-4-20(2,3)14-22-21-19-13-15-9-5-6-10-16(15)17-11-7-8-12-18(17)19/h5-13,21H,4,14H2,1-3H3. The summed E-state index contributed by atoms with van der Waals surface area (Å²) in [7, 11) is 0.675. The molecule has 0 aliphatic heterocycles. The monoisotopic (exact) mass is 290 g/mol. The van der Waals surface area contributed by atoms with Gasteiger partial charge in [0, 0.05) is 6.61 Å². The molecule has 0 saturated heterocycles. The highest BCUT2D eigenvalue weighted by Gasteiger charge is 2.16. The molecule has 0 spiro atoms. The van der Waals surface area contributed by atoms with Crippen LogP contribution in [0.1, 0.15) is 27.2 Å². The molecule has 0 aliphatic carbocycles. The minimum Gasteiger partial charge on any atom is -0.434 e. The van der Waals surface area contributed by atoms with Gasteiger partial charge in [-0.05, 0) is 38.8 Å². The van der Waals surface area contributed by atoms with Crippen LogP contribution in [0.25, 0.3) is 21.5 Å². The van der Waals surface area contributed by atoms with Gasteiger partial charge in [-0.1, -0.05) is 75.4 Å². The fourth-order valence-corrected chi connectivity index (χ4v) is 2.79. The maximum Gasteiger partial charge on any atom is 0.309 e. The van der Waals surface area contributed by atoms with Crippen LogP contribution in [0.3, 0.4) is 0 Å². The van der Waals surface area contributed by atoms with Crippen LogP contribution in [-0.4, -0.2) is 14.1 Å². The van der Waals surface area contributed by atoms with Gasteiger partial charge < -0.3 is 4.65 Å². The Balaban J connectivity index is 1.97. The molecule has 0 amide bonds. The van der Waals surface area contributed by atoms with E-state index in [0.29, 0.717) is 7.48 Å². The molecule has 1 nitrogen and oxygen atoms in total. The Bertz CT molecular complexity index is 792. The topological polar surface area (TPSA) is 9.23 Å². The zero-order valence-corrected chi connectivity index (χ0v) is 13.7. The Hall–Kier alpha value is -1.80. The average Bonchev–Trinajstić information content (AvgIpc) is 2.55. The maximum absolute atomic E-state index is 6.03. The summed E-state index contributed by atoms with van der Waals surface area (Å²) in [6, 6.07) is 19.5. The van der Waals surface area contributed by atoms with Crippen LogP contribution in [-0.2, 0) is 4.65 Å². The first-order valence-electron chi connectivity index (χ1n) is 8.08. The van der Waals surface area contributed by atoms with Gasteiger partial charge in [-0.2, -0.15) is 0 Å². The Morgan fingerprint density at radius 1 is 0.909 bits per heavy atom. The molecule has 0 aliphatic rings. The first-order valence-corrected chi connectivity index (χ1v) is 8.08. The molecule has 0 N–H and O–H groups in total. The van der Waals surface area contributed by atoms with E-state index in [4.69, 9.17) is 4.65 Å². The zero-order chi connectivity index (χ0) is 15.6. The van der Waals surface area contributed by atoms with E-state index < -0.39 is 0 Å². The van der Waals surface area contributed by atoms with Gasteiger partial charge in [-0.15, -0.1) is 0 Å². The fraction of sp³-hybridized carbons (Fsp3) is 0.300. The Morgan fingerprint density at radius 3 is 2.27 bits per heavy atom. The van der Waals surface area contributed by atoms with E-state index >= 15 is 0 Å². The molecule has 3 aromatic rings. The van der Waals surface area contributed by atoms with Crippen molar-refractivity contribution in [3.63, 3.8) is 0 Å². The summed E-state index contributed by atoms with van der Waals surface area (Å²) in [5, 5.41) is 5.22. The zero-order valence-electron chi connectivity index (χ0n) is 13.7. The van der Waals surface area contributed by atoms with Crippen LogP contribution in [0.5, 0.6) is 0 Å². The number of fused-ring (bicyclic) bond motifs is 3. The first kappa shape index (κ1) is 15.1. The normalized spacial score (nSPS) is 12.0. The van der Waals surface area contributed by atoms with Crippen molar-refractivity contribution in [2.45, 2.75) is 27.2 Å². The predicted octanol–water partition coefficient (Wildman–Crippen LogP) is 4.42. The van der Waals surface area contributed by atoms with Crippen molar-refractivity contribution in [1.82, 2.24) is 0 Å². The molecule has 0 saturated carbocycles. The average molecular weight is 290 g/mol. The second kappa shape index (κ2) is 6.14. The molecular formula is C20H23BO. The van der Waals surface area contributed by atoms with Crippen molar-refractivity contribution in [2.24, 2.45) is 5.41 Å². The van der Waals surface area contributed by atoms with Gasteiger partial charge in [0.1, 0.15) is 0 Å². The predicted molar refractivity (Wildman–Crippen MR) is 98.3 cm³/mol. The third-order valence-corrected chi connectivity index (χ3v) is 4.56. The van der Waals surface area contributed by atoms with Gasteiger partial charge >= 0.3 is 7.48 Å². The van der Waals surface area contributed by atoms with Crippen LogP contribution in [0.15, 0.2) is 54.6 Å². The van der Waals surface area contributed by atoms with Crippen LogP contribution in [0, 0.1) is 5.41 Å². The molecule has 3 rings (SSSR count). The highest BCUT2D eigenvalue weighted by atomic mass is 16.4. The summed E-state index contributed by atoms with van der Waals surface area (Å²) >= 11 is 0. The molecule has 0 bridgehead atoms. The van der Waals surface area contributed by atoms with Crippen molar-refractivity contribution < 1.29 is 4.65 Å². The van der Waals surface area contributed by atoms with Gasteiger partial charge in [0.2, 0.25) is 0 Å². The summed E-state index contributed by atoms with van der Waals surface area (Å²) < 4.78 is 6.03. The van der Waals surface area contributed by atoms with E-state index in [1.54, 1.807) is 0 Å². The van der Waals surface area contributed by atoms with E-state index in [9.17, 15) is 0 Å². The minimum atomic E-state index is 0.243. The molecule has 0 unspecified atom stereocenters. The molecule has 0 aromatic heterocycles. The van der Waals surface area contributed by atoms with Crippen LogP contribution < -0.4 is 5.46 Å². The van der Waals surface area contributed by atoms with Crippen molar-refractivity contribution in [2.75, 3.05) is 6.61 Å². The molecule has 2 heteroatoms. The molecule has 3 aromatic carbocycles. The largest absolute Gasteiger partial charge is 0.434 e. The molecule has 22 heavy (non-hydrogen) atoms. The summed E-state index contributed by atoms with van der Waals surface area (Å²) in [6.45, 7) is 7.52. The van der Waals surface area contributed by atoms with Crippen LogP contribution in [0.4, 0.5) is 0 Å². The highest BCUT2D eigenvalue weighted by molar-refractivity contribution is 6.52. The molecule has 0 atom stereocenters. The van der Waals surface area contributed by atoms with Gasteiger partial charge in [0.15, 0.2) is 0 Å². The van der Waals surface area contributed by atoms with Gasteiger partial charge in [-0.25, -0.2) is 0 Å². The van der Waals surface area contributed by atoms with Crippen LogP contribution in [0.2, 0.25) is 0 Å². The maximum atomic E-state index is 6.03. The first-order chi connectivity index (χ1) is 10.6. The smallest absolute Gasteiger partial charge is 0.309 e. The van der Waals surface area contributed by atoms with E-state index in [1.165, 1.54) is 27.0 Å². The number of hydrogen-bond acceptors (Lipinski definition) is 1. The summed E-state index contributed by atoms with van der Waals surface area (Å²) in [5.74, 6) is 0. The molecule has 0 fully saturated rings. The Labute approximate surface area is 133 Å². The SMILES string of the molecule is CCC(C)(C)COBc1cc2ccccc2c2ccccc12. The summed E-state index contributed by atoms with van der Waals surface area (Å²) in [6.07, 6.45) is 1.13. The number of rotatable bonds is 5. The van der Waals surface area contributed by atoms with Gasteiger partial charge in [-0.3, -0.25) is 0 Å². The second-order valence-corrected chi connectivity index (χ2v) is 6.81. The summed E-state index contributed by atoms with van der Waals surface area (Å²) in [5.41, 5.74) is 1.52. The third-order valence-electron chi connectivity index (χ3n) is 4.56. The minimum absolute atomic E-state index is 0.243. The summed E-state index contributed by atoms with van der Waals surface area (Å²) in [4.78, 5) is 0. The lowest BCUT2D eigenvalue weighted by molar-refractivity contribution is 0.184. The van der Waals surface area contributed by atoms with Crippen molar-refractivity contribution in [3.05, 3.63) is 54.6 Å². The van der Waals surface area contributed by atoms with Crippen molar-refractivity contribution in [1.29, 1.82) is 0 Å². The van der Waals surface area contributed by atoms with E-state index in [-0.39, 0.29) is 5.41 Å². The van der Waals surface area contributed by atoms with Crippen molar-refractivity contribution >= 4 is 34.5 Å². The lowest BCUT2D eigenvalue weighted by atomic mass is 9.81. The second-order valence-electron chi connectivity index (χ2n) is 6.81. The Morgan fingerprint density at radius 2 is 1.55 bits per heavy atom. The van der Waals surface area contributed by atoms with E-state index in [0.717, 1.165) is 13.0 Å². The number of benzene rings is 3. The molecular weight excluding hydrogens is 267 g/mol. The van der Waals surface area contributed by atoms with Gasteiger partial charge in [0.25, 0.3) is 0 Å². The fourth-order valence-electron chi connectivity index (χ4n) is 2.79. The van der Waals surface area contributed by atoms with E-state index in [1.807, 2.05) is 0 Å². The number of hydrogen-bond donors (Lipinski definition) is 0. The lowest BCUT2D eigenvalue weighted by Gasteiger charge is -2.22. The van der Waals surface area contributed by atoms with Crippen molar-refractivity contribution in [3.8, 4) is 0 Å². The molecule has 0 radical (unpaired) electrons. The lowest BCUT2D eigenvalue weighted by Crippen LogP contribution is -2.25. The third kappa shape index (κ3) is 3.03. The quantitative estimate of drug-likeness (QED) is 0.499.